The van der Waals surface area contributed by atoms with Crippen molar-refractivity contribution in [3.05, 3.63) is 18.0 Å². The van der Waals surface area contributed by atoms with Gasteiger partial charge >= 0.3 is 0 Å². The molecule has 1 amide bonds. The van der Waals surface area contributed by atoms with Crippen molar-refractivity contribution in [1.29, 1.82) is 0 Å². The second-order valence-corrected chi connectivity index (χ2v) is 5.34. The minimum absolute atomic E-state index is 0.324. The third-order valence-electron chi connectivity index (χ3n) is 3.99. The van der Waals surface area contributed by atoms with Gasteiger partial charge in [0.05, 0.1) is 12.7 Å². The predicted octanol–water partition coefficient (Wildman–Crippen LogP) is 0.544. The zero-order chi connectivity index (χ0) is 12.5. The van der Waals surface area contributed by atoms with E-state index in [1.54, 1.807) is 0 Å². The second kappa shape index (κ2) is 4.72. The second-order valence-electron chi connectivity index (χ2n) is 5.34. The fraction of sp³-hybridized carbons (Fsp3) is 0.692. The highest BCUT2D eigenvalue weighted by molar-refractivity contribution is 5.80. The van der Waals surface area contributed by atoms with Crippen LogP contribution < -0.4 is 5.32 Å². The molecule has 3 heterocycles. The number of fused-ring (bicyclic) bond motifs is 1. The summed E-state index contributed by atoms with van der Waals surface area (Å²) in [6, 6.07) is 0.786. The van der Waals surface area contributed by atoms with E-state index in [9.17, 15) is 4.79 Å². The first-order valence-electron chi connectivity index (χ1n) is 6.76. The highest BCUT2D eigenvalue weighted by Gasteiger charge is 2.41. The summed E-state index contributed by atoms with van der Waals surface area (Å²) in [5.74, 6) is 0.324. The van der Waals surface area contributed by atoms with E-state index in [4.69, 9.17) is 0 Å². The fourth-order valence-electron chi connectivity index (χ4n) is 3.12. The van der Waals surface area contributed by atoms with Gasteiger partial charge in [-0.25, -0.2) is 0 Å². The molecule has 0 radical (unpaired) electrons. The van der Waals surface area contributed by atoms with E-state index in [1.165, 1.54) is 5.56 Å². The van der Waals surface area contributed by atoms with E-state index in [2.05, 4.69) is 15.3 Å². The van der Waals surface area contributed by atoms with Gasteiger partial charge in [0.25, 0.3) is 0 Å². The largest absolute Gasteiger partial charge is 0.338 e. The zero-order valence-corrected chi connectivity index (χ0v) is 10.8. The molecule has 98 valence electrons. The maximum absolute atomic E-state index is 11.8. The van der Waals surface area contributed by atoms with E-state index in [1.807, 2.05) is 24.0 Å². The quantitative estimate of drug-likeness (QED) is 0.846. The van der Waals surface area contributed by atoms with Crippen molar-refractivity contribution in [3.8, 4) is 0 Å². The molecule has 5 nitrogen and oxygen atoms in total. The van der Waals surface area contributed by atoms with Crippen LogP contribution >= 0.6 is 0 Å². The number of carbonyl (C=O) groups is 1. The first kappa shape index (κ1) is 11.7. The van der Waals surface area contributed by atoms with Crippen molar-refractivity contribution in [1.82, 2.24) is 20.0 Å². The van der Waals surface area contributed by atoms with Crippen LogP contribution in [0.3, 0.4) is 0 Å². The van der Waals surface area contributed by atoms with Crippen LogP contribution in [0.15, 0.2) is 12.4 Å². The van der Waals surface area contributed by atoms with Crippen LogP contribution in [0, 0.1) is 6.92 Å². The number of nitrogens with one attached hydrogen (secondary N) is 1. The molecule has 18 heavy (non-hydrogen) atoms. The van der Waals surface area contributed by atoms with Gasteiger partial charge in [-0.05, 0) is 25.3 Å². The summed E-state index contributed by atoms with van der Waals surface area (Å²) in [7, 11) is 0. The Bertz CT molecular complexity index is 442. The van der Waals surface area contributed by atoms with Crippen molar-refractivity contribution < 1.29 is 4.79 Å². The van der Waals surface area contributed by atoms with Crippen molar-refractivity contribution in [2.75, 3.05) is 13.1 Å². The third kappa shape index (κ3) is 2.14. The molecular formula is C13H20N4O. The highest BCUT2D eigenvalue weighted by atomic mass is 16.2. The monoisotopic (exact) mass is 248 g/mol. The average molecular weight is 248 g/mol. The molecule has 1 aromatic heterocycles. The molecule has 2 aliphatic rings. The normalized spacial score (nSPS) is 26.9. The Balaban J connectivity index is 1.50. The number of aryl methyl sites for hydroxylation is 1. The van der Waals surface area contributed by atoms with E-state index in [0.29, 0.717) is 24.4 Å². The SMILES string of the molecule is Cc1cnn(CCNC2CC(=O)N3CCCC23)c1. The van der Waals surface area contributed by atoms with Gasteiger partial charge in [-0.1, -0.05) is 0 Å². The van der Waals surface area contributed by atoms with Gasteiger partial charge in [-0.15, -0.1) is 0 Å². The molecule has 3 rings (SSSR count). The molecule has 0 aromatic carbocycles. The van der Waals surface area contributed by atoms with E-state index in [-0.39, 0.29) is 0 Å². The highest BCUT2D eigenvalue weighted by Crippen LogP contribution is 2.28. The van der Waals surface area contributed by atoms with Crippen LogP contribution in [0.5, 0.6) is 0 Å². The fourth-order valence-corrected chi connectivity index (χ4v) is 3.12. The minimum Gasteiger partial charge on any atom is -0.338 e. The molecule has 2 atom stereocenters. The molecule has 0 aliphatic carbocycles. The number of aromatic nitrogens is 2. The topological polar surface area (TPSA) is 50.2 Å². The molecule has 2 saturated heterocycles. The summed E-state index contributed by atoms with van der Waals surface area (Å²) in [5, 5.41) is 7.78. The van der Waals surface area contributed by atoms with E-state index in [0.717, 1.165) is 32.5 Å². The Morgan fingerprint density at radius 1 is 1.56 bits per heavy atom. The number of hydrogen-bond donors (Lipinski definition) is 1. The van der Waals surface area contributed by atoms with Gasteiger partial charge in [0, 0.05) is 37.8 Å². The molecular weight excluding hydrogens is 228 g/mol. The number of rotatable bonds is 4. The Kier molecular flexibility index (Phi) is 3.07. The molecule has 2 unspecified atom stereocenters. The summed E-state index contributed by atoms with van der Waals surface area (Å²) in [4.78, 5) is 13.8. The lowest BCUT2D eigenvalue weighted by atomic mass is 10.1. The predicted molar refractivity (Wildman–Crippen MR) is 68.1 cm³/mol. The van der Waals surface area contributed by atoms with Gasteiger partial charge in [0.2, 0.25) is 5.91 Å². The Morgan fingerprint density at radius 2 is 2.44 bits per heavy atom. The Labute approximate surface area is 107 Å². The number of hydrogen-bond acceptors (Lipinski definition) is 3. The summed E-state index contributed by atoms with van der Waals surface area (Å²) < 4.78 is 1.95. The number of carbonyl (C=O) groups excluding carboxylic acids is 1. The summed E-state index contributed by atoms with van der Waals surface area (Å²) >= 11 is 0. The smallest absolute Gasteiger partial charge is 0.224 e. The first-order valence-corrected chi connectivity index (χ1v) is 6.76. The molecule has 2 aliphatic heterocycles. The molecule has 1 N–H and O–H groups in total. The van der Waals surface area contributed by atoms with Gasteiger partial charge in [0.15, 0.2) is 0 Å². The number of amides is 1. The van der Waals surface area contributed by atoms with Crippen LogP contribution in [-0.2, 0) is 11.3 Å². The first-order chi connectivity index (χ1) is 8.74. The van der Waals surface area contributed by atoms with Gasteiger partial charge < -0.3 is 10.2 Å². The van der Waals surface area contributed by atoms with E-state index < -0.39 is 0 Å². The zero-order valence-electron chi connectivity index (χ0n) is 10.8. The molecule has 2 fully saturated rings. The minimum atomic E-state index is 0.324. The van der Waals surface area contributed by atoms with Crippen LogP contribution in [0.1, 0.15) is 24.8 Å². The number of nitrogens with zero attached hydrogens (tertiary/aromatic N) is 3. The summed E-state index contributed by atoms with van der Waals surface area (Å²) in [6.07, 6.45) is 6.90. The van der Waals surface area contributed by atoms with Crippen molar-refractivity contribution in [2.24, 2.45) is 0 Å². The summed E-state index contributed by atoms with van der Waals surface area (Å²) in [5.41, 5.74) is 1.19. The molecule has 0 saturated carbocycles. The molecule has 1 aromatic rings. The standard InChI is InChI=1S/C13H20N4O/c1-10-8-15-16(9-10)6-4-14-11-7-13(18)17-5-2-3-12(11)17/h8-9,11-12,14H,2-7H2,1H3. The van der Waals surface area contributed by atoms with Gasteiger partial charge in [-0.2, -0.15) is 5.10 Å². The van der Waals surface area contributed by atoms with Crippen LogP contribution in [0.4, 0.5) is 0 Å². The lowest BCUT2D eigenvalue weighted by Crippen LogP contribution is -2.40. The Hall–Kier alpha value is -1.36. The maximum atomic E-state index is 11.8. The van der Waals surface area contributed by atoms with Gasteiger partial charge in [0.1, 0.15) is 0 Å². The average Bonchev–Trinajstić information content (AvgIpc) is 3.00. The van der Waals surface area contributed by atoms with Crippen LogP contribution in [0.2, 0.25) is 0 Å². The summed E-state index contributed by atoms with van der Waals surface area (Å²) in [6.45, 7) is 4.75. The molecule has 5 heteroatoms. The van der Waals surface area contributed by atoms with E-state index >= 15 is 0 Å². The van der Waals surface area contributed by atoms with Crippen molar-refractivity contribution in [3.63, 3.8) is 0 Å². The Morgan fingerprint density at radius 3 is 3.22 bits per heavy atom. The maximum Gasteiger partial charge on any atom is 0.224 e. The third-order valence-corrected chi connectivity index (χ3v) is 3.99. The molecule has 0 spiro atoms. The lowest BCUT2D eigenvalue weighted by Gasteiger charge is -2.20. The van der Waals surface area contributed by atoms with Crippen molar-refractivity contribution in [2.45, 2.75) is 44.8 Å². The van der Waals surface area contributed by atoms with Crippen molar-refractivity contribution >= 4 is 5.91 Å². The van der Waals surface area contributed by atoms with Crippen LogP contribution in [-0.4, -0.2) is 45.8 Å². The molecule has 0 bridgehead atoms. The lowest BCUT2D eigenvalue weighted by molar-refractivity contribution is -0.127. The van der Waals surface area contributed by atoms with Crippen LogP contribution in [0.25, 0.3) is 0 Å². The van der Waals surface area contributed by atoms with Gasteiger partial charge in [-0.3, -0.25) is 9.48 Å².